The van der Waals surface area contributed by atoms with Gasteiger partial charge in [0.2, 0.25) is 5.91 Å². The Morgan fingerprint density at radius 2 is 1.86 bits per heavy atom. The predicted octanol–water partition coefficient (Wildman–Crippen LogP) is 6.74. The van der Waals surface area contributed by atoms with Gasteiger partial charge in [-0.3, -0.25) is 4.79 Å². The standard InChI is InChI=1S/C30H28N2O3/c1-3-34-28-17-29-25(26(19-35-29)21-9-5-4-6-10-21)16-24(28)20(2)15-30(33)31-14-13-22-18-32-27-12-8-7-11-23(22)27/h4-12,15-19,32H,3,13-14H2,1-2H3,(H,31,33)/b20-15+. The Bertz CT molecular complexity index is 1510. The van der Waals surface area contributed by atoms with Crippen LogP contribution in [0.1, 0.15) is 25.0 Å². The normalized spacial score (nSPS) is 11.8. The number of hydrogen-bond donors (Lipinski definition) is 2. The van der Waals surface area contributed by atoms with E-state index in [1.807, 2.05) is 56.4 Å². The molecular weight excluding hydrogens is 436 g/mol. The number of carbonyl (C=O) groups is 1. The second-order valence-corrected chi connectivity index (χ2v) is 8.52. The van der Waals surface area contributed by atoms with Crippen molar-refractivity contribution < 1.29 is 13.9 Å². The number of amides is 1. The van der Waals surface area contributed by atoms with Crippen LogP contribution in [-0.2, 0) is 11.2 Å². The minimum Gasteiger partial charge on any atom is -0.493 e. The molecule has 2 aromatic heterocycles. The van der Waals surface area contributed by atoms with Crippen molar-refractivity contribution in [1.82, 2.24) is 10.3 Å². The fraction of sp³-hybridized carbons (Fsp3) is 0.167. The number of furan rings is 1. The van der Waals surface area contributed by atoms with Crippen molar-refractivity contribution in [3.63, 3.8) is 0 Å². The molecule has 0 atom stereocenters. The molecule has 1 amide bonds. The molecule has 5 nitrogen and oxygen atoms in total. The summed E-state index contributed by atoms with van der Waals surface area (Å²) in [4.78, 5) is 16.0. The van der Waals surface area contributed by atoms with Gasteiger partial charge < -0.3 is 19.5 Å². The molecule has 2 N–H and O–H groups in total. The van der Waals surface area contributed by atoms with Gasteiger partial charge in [0, 0.05) is 52.3 Å². The number of fused-ring (bicyclic) bond motifs is 2. The molecule has 0 saturated heterocycles. The van der Waals surface area contributed by atoms with Gasteiger partial charge in [0.1, 0.15) is 11.3 Å². The lowest BCUT2D eigenvalue weighted by molar-refractivity contribution is -0.116. The molecule has 0 spiro atoms. The second-order valence-electron chi connectivity index (χ2n) is 8.52. The molecule has 0 saturated carbocycles. The minimum atomic E-state index is -0.125. The van der Waals surface area contributed by atoms with Crippen molar-refractivity contribution in [3.05, 3.63) is 96.4 Å². The first-order chi connectivity index (χ1) is 17.1. The molecule has 5 aromatic rings. The third kappa shape index (κ3) is 4.71. The SMILES string of the molecule is CCOc1cc2occ(-c3ccccc3)c2cc1/C(C)=C/C(=O)NCCc1c[nH]c2ccccc12. The Balaban J connectivity index is 1.37. The summed E-state index contributed by atoms with van der Waals surface area (Å²) in [6, 6.07) is 22.3. The summed E-state index contributed by atoms with van der Waals surface area (Å²) in [5.74, 6) is 0.578. The lowest BCUT2D eigenvalue weighted by Crippen LogP contribution is -2.23. The Labute approximate surface area is 204 Å². The highest BCUT2D eigenvalue weighted by molar-refractivity contribution is 6.00. The molecule has 5 rings (SSSR count). The Kier molecular flexibility index (Phi) is 6.40. The van der Waals surface area contributed by atoms with Crippen LogP contribution in [0.2, 0.25) is 0 Å². The number of rotatable bonds is 8. The van der Waals surface area contributed by atoms with Crippen molar-refractivity contribution in [1.29, 1.82) is 0 Å². The largest absolute Gasteiger partial charge is 0.493 e. The highest BCUT2D eigenvalue weighted by atomic mass is 16.5. The summed E-state index contributed by atoms with van der Waals surface area (Å²) in [6.07, 6.45) is 6.18. The highest BCUT2D eigenvalue weighted by Crippen LogP contribution is 2.37. The quantitative estimate of drug-likeness (QED) is 0.250. The fourth-order valence-electron chi connectivity index (χ4n) is 4.46. The molecule has 0 aliphatic carbocycles. The number of hydrogen-bond acceptors (Lipinski definition) is 3. The van der Waals surface area contributed by atoms with E-state index in [0.29, 0.717) is 18.9 Å². The zero-order chi connectivity index (χ0) is 24.2. The van der Waals surface area contributed by atoms with Crippen LogP contribution in [0, 0.1) is 0 Å². The van der Waals surface area contributed by atoms with Gasteiger partial charge in [0.05, 0.1) is 12.9 Å². The van der Waals surface area contributed by atoms with Gasteiger partial charge in [-0.2, -0.15) is 0 Å². The predicted molar refractivity (Wildman–Crippen MR) is 141 cm³/mol. The Hall–Kier alpha value is -4.25. The first kappa shape index (κ1) is 22.5. The summed E-state index contributed by atoms with van der Waals surface area (Å²) in [6.45, 7) is 4.96. The lowest BCUT2D eigenvalue weighted by Gasteiger charge is -2.12. The van der Waals surface area contributed by atoms with E-state index in [-0.39, 0.29) is 5.91 Å². The Morgan fingerprint density at radius 1 is 1.06 bits per heavy atom. The first-order valence-electron chi connectivity index (χ1n) is 11.9. The third-order valence-corrected chi connectivity index (χ3v) is 6.20. The van der Waals surface area contributed by atoms with Gasteiger partial charge in [-0.15, -0.1) is 0 Å². The van der Waals surface area contributed by atoms with Crippen molar-refractivity contribution in [2.24, 2.45) is 0 Å². The van der Waals surface area contributed by atoms with E-state index >= 15 is 0 Å². The van der Waals surface area contributed by atoms with Gasteiger partial charge in [0.15, 0.2) is 0 Å². The Morgan fingerprint density at radius 3 is 2.69 bits per heavy atom. The van der Waals surface area contributed by atoms with E-state index in [0.717, 1.165) is 45.2 Å². The van der Waals surface area contributed by atoms with Crippen LogP contribution in [0.4, 0.5) is 0 Å². The number of allylic oxidation sites excluding steroid dienone is 1. The monoisotopic (exact) mass is 464 g/mol. The molecule has 3 aromatic carbocycles. The summed E-state index contributed by atoms with van der Waals surface area (Å²) in [5, 5.41) is 5.20. The maximum atomic E-state index is 12.7. The number of benzene rings is 3. The van der Waals surface area contributed by atoms with Crippen LogP contribution < -0.4 is 10.1 Å². The van der Waals surface area contributed by atoms with Gasteiger partial charge in [0.25, 0.3) is 0 Å². The van der Waals surface area contributed by atoms with E-state index < -0.39 is 0 Å². The molecule has 0 bridgehead atoms. The van der Waals surface area contributed by atoms with Gasteiger partial charge in [-0.25, -0.2) is 0 Å². The van der Waals surface area contributed by atoms with Crippen LogP contribution in [-0.4, -0.2) is 24.0 Å². The number of aromatic nitrogens is 1. The summed E-state index contributed by atoms with van der Waals surface area (Å²) in [5.41, 5.74) is 6.87. The van der Waals surface area contributed by atoms with E-state index in [4.69, 9.17) is 9.15 Å². The molecule has 35 heavy (non-hydrogen) atoms. The maximum Gasteiger partial charge on any atom is 0.244 e. The lowest BCUT2D eigenvalue weighted by atomic mass is 9.99. The van der Waals surface area contributed by atoms with Crippen molar-refractivity contribution in [2.75, 3.05) is 13.2 Å². The van der Waals surface area contributed by atoms with Crippen molar-refractivity contribution >= 4 is 33.4 Å². The van der Waals surface area contributed by atoms with Crippen LogP contribution in [0.15, 0.2) is 89.7 Å². The zero-order valence-electron chi connectivity index (χ0n) is 19.9. The van der Waals surface area contributed by atoms with E-state index in [1.54, 1.807) is 12.3 Å². The summed E-state index contributed by atoms with van der Waals surface area (Å²) < 4.78 is 11.7. The van der Waals surface area contributed by atoms with E-state index in [2.05, 4.69) is 40.6 Å². The minimum absolute atomic E-state index is 0.125. The smallest absolute Gasteiger partial charge is 0.244 e. The third-order valence-electron chi connectivity index (χ3n) is 6.20. The highest BCUT2D eigenvalue weighted by Gasteiger charge is 2.15. The average molecular weight is 465 g/mol. The second kappa shape index (κ2) is 9.94. The first-order valence-corrected chi connectivity index (χ1v) is 11.9. The van der Waals surface area contributed by atoms with Crippen molar-refractivity contribution in [3.8, 4) is 16.9 Å². The van der Waals surface area contributed by atoms with Crippen LogP contribution in [0.25, 0.3) is 38.6 Å². The average Bonchev–Trinajstić information content (AvgIpc) is 3.48. The number of H-pyrrole nitrogens is 1. The van der Waals surface area contributed by atoms with Gasteiger partial charge in [-0.05, 0) is 49.1 Å². The fourth-order valence-corrected chi connectivity index (χ4v) is 4.46. The number of nitrogens with one attached hydrogen (secondary N) is 2. The number of para-hydroxylation sites is 1. The maximum absolute atomic E-state index is 12.7. The van der Waals surface area contributed by atoms with Crippen LogP contribution >= 0.6 is 0 Å². The van der Waals surface area contributed by atoms with Crippen LogP contribution in [0.5, 0.6) is 5.75 Å². The molecule has 5 heteroatoms. The van der Waals surface area contributed by atoms with Gasteiger partial charge >= 0.3 is 0 Å². The molecule has 176 valence electrons. The molecule has 0 radical (unpaired) electrons. The molecule has 0 aliphatic heterocycles. The number of ether oxygens (including phenoxy) is 1. The molecule has 0 aliphatic rings. The number of aromatic amines is 1. The summed E-state index contributed by atoms with van der Waals surface area (Å²) >= 11 is 0. The van der Waals surface area contributed by atoms with Crippen molar-refractivity contribution in [2.45, 2.75) is 20.3 Å². The topological polar surface area (TPSA) is 67.3 Å². The summed E-state index contributed by atoms with van der Waals surface area (Å²) in [7, 11) is 0. The molecule has 0 unspecified atom stereocenters. The molecule has 0 fully saturated rings. The molecular formula is C30H28N2O3. The number of carbonyl (C=O) groups excluding carboxylic acids is 1. The molecule has 2 heterocycles. The van der Waals surface area contributed by atoms with E-state index in [9.17, 15) is 4.79 Å². The zero-order valence-corrected chi connectivity index (χ0v) is 19.9. The van der Waals surface area contributed by atoms with Crippen LogP contribution in [0.3, 0.4) is 0 Å². The van der Waals surface area contributed by atoms with Gasteiger partial charge in [-0.1, -0.05) is 48.5 Å². The van der Waals surface area contributed by atoms with E-state index in [1.165, 1.54) is 10.9 Å².